The zero-order valence-corrected chi connectivity index (χ0v) is 17.5. The first-order valence-corrected chi connectivity index (χ1v) is 10.2. The van der Waals surface area contributed by atoms with Crippen molar-refractivity contribution in [3.63, 3.8) is 0 Å². The Labute approximate surface area is 181 Å². The summed E-state index contributed by atoms with van der Waals surface area (Å²) in [6.07, 6.45) is 1.05. The number of hydrogen-bond acceptors (Lipinski definition) is 6. The van der Waals surface area contributed by atoms with Gasteiger partial charge in [-0.05, 0) is 29.7 Å². The van der Waals surface area contributed by atoms with E-state index in [1.165, 1.54) is 12.1 Å². The molecule has 31 heavy (non-hydrogen) atoms. The van der Waals surface area contributed by atoms with Gasteiger partial charge in [-0.2, -0.15) is 0 Å². The molecule has 0 unspecified atom stereocenters. The zero-order valence-electron chi connectivity index (χ0n) is 17.5. The van der Waals surface area contributed by atoms with Gasteiger partial charge in [-0.1, -0.05) is 55.8 Å². The second-order valence-corrected chi connectivity index (χ2v) is 6.93. The van der Waals surface area contributed by atoms with Gasteiger partial charge >= 0.3 is 12.1 Å². The van der Waals surface area contributed by atoms with Crippen LogP contribution in [0.3, 0.4) is 0 Å². The maximum Gasteiger partial charge on any atom is 0.407 e. The number of ether oxygens (including phenoxy) is 2. The molecule has 2 amide bonds. The summed E-state index contributed by atoms with van der Waals surface area (Å²) in [6.45, 7) is 1.98. The SMILES string of the molecule is CCCCOC(=O)[C@H](Cc1ccc(O)cc1)NC(=O)CNC(=O)OCc1ccccc1. The number of esters is 1. The first-order chi connectivity index (χ1) is 15.0. The van der Waals surface area contributed by atoms with Crippen LogP contribution in [0, 0.1) is 0 Å². The average Bonchev–Trinajstić information content (AvgIpc) is 2.78. The molecular formula is C23H28N2O6. The molecule has 8 heteroatoms. The van der Waals surface area contributed by atoms with E-state index in [9.17, 15) is 19.5 Å². The highest BCUT2D eigenvalue weighted by Crippen LogP contribution is 2.12. The van der Waals surface area contributed by atoms with E-state index in [4.69, 9.17) is 9.47 Å². The van der Waals surface area contributed by atoms with Gasteiger partial charge in [0, 0.05) is 6.42 Å². The van der Waals surface area contributed by atoms with Gasteiger partial charge in [-0.25, -0.2) is 9.59 Å². The molecule has 8 nitrogen and oxygen atoms in total. The van der Waals surface area contributed by atoms with E-state index in [1.807, 2.05) is 37.3 Å². The molecule has 166 valence electrons. The third-order valence-electron chi connectivity index (χ3n) is 4.34. The molecule has 0 saturated carbocycles. The standard InChI is InChI=1S/C23H28N2O6/c1-2-3-13-30-22(28)20(14-17-9-11-19(26)12-10-17)25-21(27)15-24-23(29)31-16-18-7-5-4-6-8-18/h4-12,20,26H,2-3,13-16H2,1H3,(H,24,29)(H,25,27)/t20-/m0/s1. The van der Waals surface area contributed by atoms with Crippen molar-refractivity contribution in [2.75, 3.05) is 13.2 Å². The molecule has 0 aliphatic rings. The summed E-state index contributed by atoms with van der Waals surface area (Å²) in [5.74, 6) is -0.998. The molecule has 2 rings (SSSR count). The number of carbonyl (C=O) groups is 3. The Morgan fingerprint density at radius 3 is 2.35 bits per heavy atom. The number of phenolic OH excluding ortho intramolecular Hbond substituents is 1. The number of hydrogen-bond donors (Lipinski definition) is 3. The Morgan fingerprint density at radius 2 is 1.68 bits per heavy atom. The number of aromatic hydroxyl groups is 1. The molecule has 0 aromatic heterocycles. The normalized spacial score (nSPS) is 11.3. The van der Waals surface area contributed by atoms with Crippen molar-refractivity contribution >= 4 is 18.0 Å². The van der Waals surface area contributed by atoms with Crippen LogP contribution in [0.1, 0.15) is 30.9 Å². The number of rotatable bonds is 11. The molecule has 0 bridgehead atoms. The molecule has 0 radical (unpaired) electrons. The monoisotopic (exact) mass is 428 g/mol. The molecule has 1 atom stereocenters. The van der Waals surface area contributed by atoms with Crippen molar-refractivity contribution in [3.05, 3.63) is 65.7 Å². The Bertz CT molecular complexity index is 839. The van der Waals surface area contributed by atoms with Crippen molar-refractivity contribution in [2.45, 2.75) is 38.8 Å². The summed E-state index contributed by atoms with van der Waals surface area (Å²) in [4.78, 5) is 36.5. The fourth-order valence-corrected chi connectivity index (χ4v) is 2.65. The fraction of sp³-hybridized carbons (Fsp3) is 0.348. The van der Waals surface area contributed by atoms with Crippen molar-refractivity contribution in [1.82, 2.24) is 10.6 Å². The Balaban J connectivity index is 1.85. The van der Waals surface area contributed by atoms with Gasteiger partial charge in [-0.15, -0.1) is 0 Å². The molecule has 3 N–H and O–H groups in total. The summed E-state index contributed by atoms with van der Waals surface area (Å²) < 4.78 is 10.3. The largest absolute Gasteiger partial charge is 0.508 e. The number of amides is 2. The second kappa shape index (κ2) is 12.9. The van der Waals surface area contributed by atoms with Gasteiger partial charge in [0.15, 0.2) is 0 Å². The lowest BCUT2D eigenvalue weighted by atomic mass is 10.1. The van der Waals surface area contributed by atoms with Crippen molar-refractivity contribution in [3.8, 4) is 5.75 Å². The molecular weight excluding hydrogens is 400 g/mol. The lowest BCUT2D eigenvalue weighted by molar-refractivity contribution is -0.147. The number of benzene rings is 2. The molecule has 0 spiro atoms. The van der Waals surface area contributed by atoms with Gasteiger partial charge in [-0.3, -0.25) is 4.79 Å². The highest BCUT2D eigenvalue weighted by atomic mass is 16.5. The van der Waals surface area contributed by atoms with Gasteiger partial charge < -0.3 is 25.2 Å². The first kappa shape index (κ1) is 23.7. The van der Waals surface area contributed by atoms with E-state index in [1.54, 1.807) is 12.1 Å². The topological polar surface area (TPSA) is 114 Å². The van der Waals surface area contributed by atoms with Crippen LogP contribution in [0.4, 0.5) is 4.79 Å². The summed E-state index contributed by atoms with van der Waals surface area (Å²) in [5.41, 5.74) is 1.57. The number of nitrogens with one attached hydrogen (secondary N) is 2. The van der Waals surface area contributed by atoms with Crippen molar-refractivity contribution < 1.29 is 29.0 Å². The Hall–Kier alpha value is -3.55. The van der Waals surface area contributed by atoms with E-state index in [2.05, 4.69) is 10.6 Å². The maximum absolute atomic E-state index is 12.4. The molecule has 0 aliphatic heterocycles. The quantitative estimate of drug-likeness (QED) is 0.375. The number of alkyl carbamates (subject to hydrolysis) is 1. The predicted molar refractivity (Wildman–Crippen MR) is 114 cm³/mol. The van der Waals surface area contributed by atoms with E-state index in [0.717, 1.165) is 24.0 Å². The van der Waals surface area contributed by atoms with Crippen LogP contribution in [0.25, 0.3) is 0 Å². The van der Waals surface area contributed by atoms with Crippen LogP contribution in [-0.2, 0) is 32.1 Å². The first-order valence-electron chi connectivity index (χ1n) is 10.2. The minimum Gasteiger partial charge on any atom is -0.508 e. The summed E-state index contributed by atoms with van der Waals surface area (Å²) in [5, 5.41) is 14.4. The number of unbranched alkanes of at least 4 members (excludes halogenated alkanes) is 1. The Morgan fingerprint density at radius 1 is 0.968 bits per heavy atom. The molecule has 2 aromatic carbocycles. The fourth-order valence-electron chi connectivity index (χ4n) is 2.65. The highest BCUT2D eigenvalue weighted by molar-refractivity contribution is 5.87. The van der Waals surface area contributed by atoms with Gasteiger partial charge in [0.05, 0.1) is 6.61 Å². The number of carbonyl (C=O) groups excluding carboxylic acids is 3. The van der Waals surface area contributed by atoms with Crippen LogP contribution in [-0.4, -0.2) is 42.3 Å². The number of phenols is 1. The van der Waals surface area contributed by atoms with Gasteiger partial charge in [0.2, 0.25) is 5.91 Å². The lowest BCUT2D eigenvalue weighted by Crippen LogP contribution is -2.47. The third kappa shape index (κ3) is 9.20. The maximum atomic E-state index is 12.4. The van der Waals surface area contributed by atoms with Crippen molar-refractivity contribution in [1.29, 1.82) is 0 Å². The lowest BCUT2D eigenvalue weighted by Gasteiger charge is -2.18. The summed E-state index contributed by atoms with van der Waals surface area (Å²) in [7, 11) is 0. The predicted octanol–water partition coefficient (Wildman–Crippen LogP) is 2.69. The second-order valence-electron chi connectivity index (χ2n) is 6.93. The average molecular weight is 428 g/mol. The van der Waals surface area contributed by atoms with Crippen LogP contribution in [0.2, 0.25) is 0 Å². The molecule has 2 aromatic rings. The van der Waals surface area contributed by atoms with E-state index in [-0.39, 0.29) is 31.9 Å². The zero-order chi connectivity index (χ0) is 22.5. The van der Waals surface area contributed by atoms with E-state index < -0.39 is 24.0 Å². The third-order valence-corrected chi connectivity index (χ3v) is 4.34. The minimum absolute atomic E-state index is 0.0848. The molecule has 0 heterocycles. The van der Waals surface area contributed by atoms with Crippen LogP contribution in [0.5, 0.6) is 5.75 Å². The van der Waals surface area contributed by atoms with Gasteiger partial charge in [0.25, 0.3) is 0 Å². The van der Waals surface area contributed by atoms with Crippen molar-refractivity contribution in [2.24, 2.45) is 0 Å². The minimum atomic E-state index is -0.920. The summed E-state index contributed by atoms with van der Waals surface area (Å²) in [6, 6.07) is 14.6. The van der Waals surface area contributed by atoms with E-state index in [0.29, 0.717) is 0 Å². The van der Waals surface area contributed by atoms with Crippen LogP contribution >= 0.6 is 0 Å². The van der Waals surface area contributed by atoms with Crippen LogP contribution in [0.15, 0.2) is 54.6 Å². The van der Waals surface area contributed by atoms with Gasteiger partial charge in [0.1, 0.15) is 24.9 Å². The summed E-state index contributed by atoms with van der Waals surface area (Å²) >= 11 is 0. The smallest absolute Gasteiger partial charge is 0.407 e. The van der Waals surface area contributed by atoms with Crippen LogP contribution < -0.4 is 10.6 Å². The molecule has 0 aliphatic carbocycles. The van der Waals surface area contributed by atoms with E-state index >= 15 is 0 Å². The highest BCUT2D eigenvalue weighted by Gasteiger charge is 2.23. The molecule has 0 fully saturated rings. The Kier molecular flexibility index (Phi) is 9.87. The molecule has 0 saturated heterocycles.